The van der Waals surface area contributed by atoms with E-state index in [1.165, 1.54) is 6.20 Å². The number of nitriles is 1. The summed E-state index contributed by atoms with van der Waals surface area (Å²) in [6.07, 6.45) is 3.22. The van der Waals surface area contributed by atoms with Crippen molar-refractivity contribution in [3.63, 3.8) is 0 Å². The summed E-state index contributed by atoms with van der Waals surface area (Å²) >= 11 is 0. The lowest BCUT2D eigenvalue weighted by Crippen LogP contribution is -2.11. The number of para-hydroxylation sites is 2. The number of rotatable bonds is 4. The minimum atomic E-state index is 0.0384. The number of nitrogens with zero attached hydrogens (tertiary/aromatic N) is 5. The Morgan fingerprint density at radius 3 is 2.62 bits per heavy atom. The van der Waals surface area contributed by atoms with Gasteiger partial charge in [-0.1, -0.05) is 42.5 Å². The minimum absolute atomic E-state index is 0.0384. The van der Waals surface area contributed by atoms with Gasteiger partial charge in [-0.3, -0.25) is 4.57 Å². The topological polar surface area (TPSA) is 79.4 Å². The average molecular weight is 340 g/mol. The highest BCUT2D eigenvalue weighted by Crippen LogP contribution is 2.21. The van der Waals surface area contributed by atoms with Crippen LogP contribution in [0.15, 0.2) is 67.1 Å². The molecule has 0 spiro atoms. The standard InChI is InChI=1S/C20H16N6/c1-14(15-7-3-2-4-8-15)24-20-22-12-16(11-21)19(25-20)26-13-23-17-9-5-6-10-18(17)26/h2-10,12-14H,1H3,(H,22,24,25). The number of nitrogens with one attached hydrogen (secondary N) is 1. The fourth-order valence-corrected chi connectivity index (χ4v) is 2.85. The van der Waals surface area contributed by atoms with Crippen molar-refractivity contribution in [1.29, 1.82) is 5.26 Å². The Kier molecular flexibility index (Phi) is 4.04. The van der Waals surface area contributed by atoms with Gasteiger partial charge in [0, 0.05) is 0 Å². The van der Waals surface area contributed by atoms with Gasteiger partial charge in [-0.15, -0.1) is 0 Å². The lowest BCUT2D eigenvalue weighted by molar-refractivity contribution is 0.853. The number of imidazole rings is 1. The Labute approximate surface area is 150 Å². The van der Waals surface area contributed by atoms with Crippen molar-refractivity contribution in [3.8, 4) is 11.9 Å². The van der Waals surface area contributed by atoms with Gasteiger partial charge in [-0.25, -0.2) is 9.97 Å². The van der Waals surface area contributed by atoms with Gasteiger partial charge in [-0.2, -0.15) is 10.2 Å². The molecule has 6 heteroatoms. The maximum atomic E-state index is 9.46. The van der Waals surface area contributed by atoms with Gasteiger partial charge in [0.2, 0.25) is 5.95 Å². The molecule has 1 unspecified atom stereocenters. The van der Waals surface area contributed by atoms with Crippen LogP contribution >= 0.6 is 0 Å². The van der Waals surface area contributed by atoms with E-state index < -0.39 is 0 Å². The molecule has 0 aliphatic carbocycles. The van der Waals surface area contributed by atoms with Gasteiger partial charge in [0.25, 0.3) is 0 Å². The summed E-state index contributed by atoms with van der Waals surface area (Å²) in [5.41, 5.74) is 3.27. The summed E-state index contributed by atoms with van der Waals surface area (Å²) in [4.78, 5) is 13.2. The molecular weight excluding hydrogens is 324 g/mol. The number of fused-ring (bicyclic) bond motifs is 1. The van der Waals surface area contributed by atoms with Crippen molar-refractivity contribution < 1.29 is 0 Å². The average Bonchev–Trinajstić information content (AvgIpc) is 3.12. The molecule has 2 heterocycles. The van der Waals surface area contributed by atoms with Crippen LogP contribution in [-0.2, 0) is 0 Å². The Bertz CT molecular complexity index is 1090. The van der Waals surface area contributed by atoms with Crippen molar-refractivity contribution in [2.75, 3.05) is 5.32 Å². The Balaban J connectivity index is 1.74. The lowest BCUT2D eigenvalue weighted by Gasteiger charge is -2.15. The van der Waals surface area contributed by atoms with Gasteiger partial charge in [0.05, 0.1) is 23.3 Å². The molecule has 0 bridgehead atoms. The van der Waals surface area contributed by atoms with E-state index in [4.69, 9.17) is 0 Å². The van der Waals surface area contributed by atoms with Gasteiger partial charge in [0.1, 0.15) is 18.0 Å². The highest BCUT2D eigenvalue weighted by Gasteiger charge is 2.14. The maximum Gasteiger partial charge on any atom is 0.225 e. The van der Waals surface area contributed by atoms with Gasteiger partial charge in [-0.05, 0) is 24.6 Å². The van der Waals surface area contributed by atoms with Gasteiger partial charge < -0.3 is 5.32 Å². The molecule has 26 heavy (non-hydrogen) atoms. The monoisotopic (exact) mass is 340 g/mol. The molecule has 0 fully saturated rings. The predicted molar refractivity (Wildman–Crippen MR) is 99.9 cm³/mol. The fourth-order valence-electron chi connectivity index (χ4n) is 2.85. The van der Waals surface area contributed by atoms with E-state index >= 15 is 0 Å². The van der Waals surface area contributed by atoms with Crippen LogP contribution < -0.4 is 5.32 Å². The second-order valence-electron chi connectivity index (χ2n) is 5.92. The molecular formula is C20H16N6. The molecule has 126 valence electrons. The van der Waals surface area contributed by atoms with E-state index in [-0.39, 0.29) is 6.04 Å². The predicted octanol–water partition coefficient (Wildman–Crippen LogP) is 3.86. The molecule has 2 aromatic heterocycles. The van der Waals surface area contributed by atoms with Crippen LogP contribution in [0, 0.1) is 11.3 Å². The first-order valence-electron chi connectivity index (χ1n) is 8.27. The molecule has 4 aromatic rings. The number of hydrogen-bond donors (Lipinski definition) is 1. The quantitative estimate of drug-likeness (QED) is 0.610. The lowest BCUT2D eigenvalue weighted by atomic mass is 10.1. The van der Waals surface area contributed by atoms with Crippen LogP contribution in [0.2, 0.25) is 0 Å². The Morgan fingerprint density at radius 1 is 1.04 bits per heavy atom. The smallest absolute Gasteiger partial charge is 0.225 e. The zero-order chi connectivity index (χ0) is 17.9. The summed E-state index contributed by atoms with van der Waals surface area (Å²) in [6, 6.07) is 20.0. The van der Waals surface area contributed by atoms with Crippen LogP contribution in [0.3, 0.4) is 0 Å². The van der Waals surface area contributed by atoms with Crippen LogP contribution in [0.1, 0.15) is 24.1 Å². The fraction of sp³-hybridized carbons (Fsp3) is 0.100. The van der Waals surface area contributed by atoms with Crippen molar-refractivity contribution >= 4 is 17.0 Å². The molecule has 0 radical (unpaired) electrons. The summed E-state index contributed by atoms with van der Waals surface area (Å²) in [5.74, 6) is 0.979. The second kappa shape index (κ2) is 6.65. The largest absolute Gasteiger partial charge is 0.348 e. The third-order valence-corrected chi connectivity index (χ3v) is 4.22. The first kappa shape index (κ1) is 15.8. The normalized spacial score (nSPS) is 11.8. The van der Waals surface area contributed by atoms with E-state index in [2.05, 4.69) is 26.3 Å². The van der Waals surface area contributed by atoms with Crippen molar-refractivity contribution in [3.05, 3.63) is 78.2 Å². The molecule has 2 aromatic carbocycles. The Hall–Kier alpha value is -3.72. The maximum absolute atomic E-state index is 9.46. The van der Waals surface area contributed by atoms with E-state index in [1.54, 1.807) is 6.33 Å². The molecule has 0 aliphatic heterocycles. The summed E-state index contributed by atoms with van der Waals surface area (Å²) < 4.78 is 1.81. The highest BCUT2D eigenvalue weighted by atomic mass is 15.2. The molecule has 0 aliphatic rings. The summed E-state index contributed by atoms with van der Waals surface area (Å²) in [7, 11) is 0. The number of benzene rings is 2. The zero-order valence-corrected chi connectivity index (χ0v) is 14.2. The van der Waals surface area contributed by atoms with E-state index in [9.17, 15) is 5.26 Å². The van der Waals surface area contributed by atoms with Crippen LogP contribution in [-0.4, -0.2) is 19.5 Å². The first-order chi connectivity index (χ1) is 12.8. The third kappa shape index (κ3) is 2.87. The summed E-state index contributed by atoms with van der Waals surface area (Å²) in [5, 5.41) is 12.8. The molecule has 1 N–H and O–H groups in total. The first-order valence-corrected chi connectivity index (χ1v) is 8.27. The molecule has 1 atom stereocenters. The highest BCUT2D eigenvalue weighted by molar-refractivity contribution is 5.77. The molecule has 0 saturated carbocycles. The van der Waals surface area contributed by atoms with Gasteiger partial charge in [0.15, 0.2) is 5.82 Å². The molecule has 0 saturated heterocycles. The minimum Gasteiger partial charge on any atom is -0.348 e. The molecule has 4 rings (SSSR count). The number of anilines is 1. The Morgan fingerprint density at radius 2 is 1.81 bits per heavy atom. The number of hydrogen-bond acceptors (Lipinski definition) is 5. The van der Waals surface area contributed by atoms with Crippen molar-refractivity contribution in [2.24, 2.45) is 0 Å². The van der Waals surface area contributed by atoms with Crippen LogP contribution in [0.4, 0.5) is 5.95 Å². The zero-order valence-electron chi connectivity index (χ0n) is 14.2. The number of aromatic nitrogens is 4. The van der Waals surface area contributed by atoms with E-state index in [0.717, 1.165) is 16.6 Å². The van der Waals surface area contributed by atoms with E-state index in [0.29, 0.717) is 17.3 Å². The van der Waals surface area contributed by atoms with Crippen molar-refractivity contribution in [2.45, 2.75) is 13.0 Å². The molecule has 6 nitrogen and oxygen atoms in total. The van der Waals surface area contributed by atoms with Crippen molar-refractivity contribution in [1.82, 2.24) is 19.5 Å². The SMILES string of the molecule is CC(Nc1ncc(C#N)c(-n2cnc3ccccc32)n1)c1ccccc1. The van der Waals surface area contributed by atoms with Gasteiger partial charge >= 0.3 is 0 Å². The molecule has 0 amide bonds. The summed E-state index contributed by atoms with van der Waals surface area (Å²) in [6.45, 7) is 2.04. The van der Waals surface area contributed by atoms with Crippen LogP contribution in [0.5, 0.6) is 0 Å². The second-order valence-corrected chi connectivity index (χ2v) is 5.92. The van der Waals surface area contributed by atoms with E-state index in [1.807, 2.05) is 66.1 Å². The third-order valence-electron chi connectivity index (χ3n) is 4.22. The van der Waals surface area contributed by atoms with Crippen LogP contribution in [0.25, 0.3) is 16.9 Å².